The molecule has 11 heteroatoms. The molecule has 0 N–H and O–H groups in total. The van der Waals surface area contributed by atoms with Crippen LogP contribution in [-0.4, -0.2) is 53.5 Å². The predicted octanol–water partition coefficient (Wildman–Crippen LogP) is 3.73. The molecule has 1 aliphatic heterocycles. The summed E-state index contributed by atoms with van der Waals surface area (Å²) >= 11 is 0. The molecule has 1 aliphatic rings. The quantitative estimate of drug-likeness (QED) is 0.353. The Bertz CT molecular complexity index is 1650. The normalized spacial score (nSPS) is 15.7. The summed E-state index contributed by atoms with van der Waals surface area (Å²) in [5, 5.41) is 8.69. The summed E-state index contributed by atoms with van der Waals surface area (Å²) in [6.45, 7) is 4.50. The van der Waals surface area contributed by atoms with Crippen molar-refractivity contribution in [3.63, 3.8) is 0 Å². The van der Waals surface area contributed by atoms with Crippen LogP contribution >= 0.6 is 0 Å². The zero-order valence-corrected chi connectivity index (χ0v) is 23.6. The third kappa shape index (κ3) is 5.81. The number of benzene rings is 3. The van der Waals surface area contributed by atoms with Crippen molar-refractivity contribution in [3.8, 4) is 0 Å². The molecule has 5 rings (SSSR count). The molecule has 0 bridgehead atoms. The van der Waals surface area contributed by atoms with E-state index in [1.165, 1.54) is 8.61 Å². The Morgan fingerprint density at radius 1 is 0.692 bits per heavy atom. The van der Waals surface area contributed by atoms with E-state index in [0.717, 1.165) is 16.7 Å². The molecule has 0 unspecified atom stereocenters. The van der Waals surface area contributed by atoms with Crippen molar-refractivity contribution in [2.24, 2.45) is 0 Å². The molecule has 204 valence electrons. The van der Waals surface area contributed by atoms with Crippen molar-refractivity contribution >= 4 is 20.0 Å². The van der Waals surface area contributed by atoms with Crippen molar-refractivity contribution in [2.45, 2.75) is 49.7 Å². The van der Waals surface area contributed by atoms with Crippen molar-refractivity contribution in [1.29, 1.82) is 0 Å². The molecule has 3 aromatic carbocycles. The lowest BCUT2D eigenvalue weighted by molar-refractivity contribution is 0.359. The van der Waals surface area contributed by atoms with Crippen LogP contribution in [0.5, 0.6) is 0 Å². The van der Waals surface area contributed by atoms with Gasteiger partial charge in [0.15, 0.2) is 0 Å². The minimum Gasteiger partial charge on any atom is -0.243 e. The molecule has 0 radical (unpaired) electrons. The van der Waals surface area contributed by atoms with Gasteiger partial charge in [0.2, 0.25) is 20.0 Å². The average Bonchev–Trinajstić information content (AvgIpc) is 3.32. The third-order valence-corrected chi connectivity index (χ3v) is 10.6. The molecule has 1 aromatic heterocycles. The van der Waals surface area contributed by atoms with Gasteiger partial charge in [-0.2, -0.15) is 8.61 Å². The lowest BCUT2D eigenvalue weighted by Crippen LogP contribution is -2.34. The largest absolute Gasteiger partial charge is 0.243 e. The van der Waals surface area contributed by atoms with E-state index >= 15 is 0 Å². The van der Waals surface area contributed by atoms with E-state index in [9.17, 15) is 16.8 Å². The summed E-state index contributed by atoms with van der Waals surface area (Å²) < 4.78 is 59.3. The zero-order valence-electron chi connectivity index (χ0n) is 21.9. The van der Waals surface area contributed by atoms with E-state index in [1.807, 2.05) is 44.2 Å². The summed E-state index contributed by atoms with van der Waals surface area (Å²) in [5.74, 6) is 0. The van der Waals surface area contributed by atoms with E-state index in [2.05, 4.69) is 10.3 Å². The van der Waals surface area contributed by atoms with Crippen LogP contribution in [0.25, 0.3) is 0 Å². The first-order valence-corrected chi connectivity index (χ1v) is 15.6. The Morgan fingerprint density at radius 3 is 1.74 bits per heavy atom. The molecule has 0 saturated carbocycles. The number of rotatable bonds is 6. The van der Waals surface area contributed by atoms with Gasteiger partial charge in [0.25, 0.3) is 0 Å². The Labute approximate surface area is 229 Å². The van der Waals surface area contributed by atoms with Crippen LogP contribution in [0.1, 0.15) is 34.5 Å². The van der Waals surface area contributed by atoms with E-state index in [1.54, 1.807) is 53.2 Å². The van der Waals surface area contributed by atoms with Gasteiger partial charge in [0.05, 0.1) is 35.1 Å². The maximum absolute atomic E-state index is 13.8. The van der Waals surface area contributed by atoms with E-state index < -0.39 is 20.0 Å². The van der Waals surface area contributed by atoms with E-state index in [0.29, 0.717) is 24.4 Å². The van der Waals surface area contributed by atoms with Crippen LogP contribution < -0.4 is 0 Å². The molecule has 39 heavy (non-hydrogen) atoms. The number of aromatic nitrogens is 3. The fourth-order valence-electron chi connectivity index (χ4n) is 4.59. The second-order valence-corrected chi connectivity index (χ2v) is 13.7. The summed E-state index contributed by atoms with van der Waals surface area (Å²) in [7, 11) is -7.71. The highest BCUT2D eigenvalue weighted by atomic mass is 32.2. The molecule has 9 nitrogen and oxygen atoms in total. The van der Waals surface area contributed by atoms with Crippen molar-refractivity contribution < 1.29 is 16.8 Å². The minimum absolute atomic E-state index is 0.00124. The fraction of sp³-hybridized carbons (Fsp3) is 0.286. The minimum atomic E-state index is -3.86. The van der Waals surface area contributed by atoms with Gasteiger partial charge in [-0.15, -0.1) is 5.10 Å². The Morgan fingerprint density at radius 2 is 1.21 bits per heavy atom. The number of hydrogen-bond donors (Lipinski definition) is 0. The molecular formula is C28H31N5O4S2. The third-order valence-electron chi connectivity index (χ3n) is 6.88. The van der Waals surface area contributed by atoms with Crippen molar-refractivity contribution in [2.75, 3.05) is 13.1 Å². The second kappa shape index (κ2) is 11.0. The summed E-state index contributed by atoms with van der Waals surface area (Å²) in [6, 6.07) is 23.1. The van der Waals surface area contributed by atoms with Crippen LogP contribution in [0.2, 0.25) is 0 Å². The van der Waals surface area contributed by atoms with Gasteiger partial charge in [-0.3, -0.25) is 0 Å². The number of hydrogen-bond acceptors (Lipinski definition) is 6. The van der Waals surface area contributed by atoms with Gasteiger partial charge in [-0.1, -0.05) is 70.9 Å². The Balaban J connectivity index is 1.55. The average molecular weight is 566 g/mol. The summed E-state index contributed by atoms with van der Waals surface area (Å²) in [4.78, 5) is 0.384. The SMILES string of the molecule is Cc1ccc(S(=O)(=O)N2CCCN(S(=O)(=O)c3ccc(C)cc3)Cc3c(nnn3Cc3ccccc3)C2)cc1. The molecular weight excluding hydrogens is 534 g/mol. The van der Waals surface area contributed by atoms with Gasteiger partial charge < -0.3 is 0 Å². The van der Waals surface area contributed by atoms with E-state index in [-0.39, 0.29) is 36.0 Å². The molecule has 0 amide bonds. The zero-order chi connectivity index (χ0) is 27.6. The second-order valence-electron chi connectivity index (χ2n) is 9.78. The highest BCUT2D eigenvalue weighted by molar-refractivity contribution is 7.89. The Kier molecular flexibility index (Phi) is 7.68. The maximum atomic E-state index is 13.8. The standard InChI is InChI=1S/C28H31N5O4S2/c1-22-9-13-25(14-10-22)38(34,35)31-17-6-18-32(39(36,37)26-15-11-23(2)12-16-26)21-28-27(20-31)29-30-33(28)19-24-7-4-3-5-8-24/h3-5,7-16H,6,17-21H2,1-2H3. The smallest absolute Gasteiger partial charge is 0.243 e. The van der Waals surface area contributed by atoms with Crippen LogP contribution in [0, 0.1) is 13.8 Å². The van der Waals surface area contributed by atoms with Crippen LogP contribution in [0.4, 0.5) is 0 Å². The first-order chi connectivity index (χ1) is 18.6. The summed E-state index contributed by atoms with van der Waals surface area (Å²) in [6.07, 6.45) is 0.326. The van der Waals surface area contributed by atoms with Gasteiger partial charge in [-0.25, -0.2) is 21.5 Å². The number of nitrogens with zero attached hydrogens (tertiary/aromatic N) is 5. The molecule has 0 spiro atoms. The monoisotopic (exact) mass is 565 g/mol. The van der Waals surface area contributed by atoms with Crippen molar-refractivity contribution in [1.82, 2.24) is 23.6 Å². The molecule has 4 aromatic rings. The topological polar surface area (TPSA) is 105 Å². The first kappa shape index (κ1) is 27.2. The highest BCUT2D eigenvalue weighted by Crippen LogP contribution is 2.26. The van der Waals surface area contributed by atoms with Crippen molar-refractivity contribution in [3.05, 3.63) is 107 Å². The number of sulfonamides is 2. The lowest BCUT2D eigenvalue weighted by Gasteiger charge is -2.23. The van der Waals surface area contributed by atoms with Gasteiger partial charge in [0.1, 0.15) is 5.69 Å². The molecule has 0 atom stereocenters. The van der Waals surface area contributed by atoms with Crippen LogP contribution in [0.3, 0.4) is 0 Å². The van der Waals surface area contributed by atoms with Crippen LogP contribution in [-0.2, 0) is 39.7 Å². The molecule has 2 heterocycles. The first-order valence-electron chi connectivity index (χ1n) is 12.7. The molecule has 0 aliphatic carbocycles. The van der Waals surface area contributed by atoms with Crippen LogP contribution in [0.15, 0.2) is 88.7 Å². The Hall–Kier alpha value is -3.38. The number of aryl methyl sites for hydroxylation is 2. The summed E-state index contributed by atoms with van der Waals surface area (Å²) in [5.41, 5.74) is 3.90. The predicted molar refractivity (Wildman–Crippen MR) is 148 cm³/mol. The molecule has 0 saturated heterocycles. The number of fused-ring (bicyclic) bond motifs is 1. The van der Waals surface area contributed by atoms with Gasteiger partial charge in [0, 0.05) is 13.1 Å². The lowest BCUT2D eigenvalue weighted by atomic mass is 10.2. The highest BCUT2D eigenvalue weighted by Gasteiger charge is 2.33. The van der Waals surface area contributed by atoms with Gasteiger partial charge >= 0.3 is 0 Å². The maximum Gasteiger partial charge on any atom is 0.243 e. The molecule has 0 fully saturated rings. The van der Waals surface area contributed by atoms with Gasteiger partial charge in [-0.05, 0) is 50.1 Å². The van der Waals surface area contributed by atoms with E-state index in [4.69, 9.17) is 0 Å². The fourth-order valence-corrected chi connectivity index (χ4v) is 7.47.